The molecule has 0 rings (SSSR count). The van der Waals surface area contributed by atoms with E-state index in [0.29, 0.717) is 12.8 Å². The summed E-state index contributed by atoms with van der Waals surface area (Å²) in [6, 6.07) is -0.713. The molecule has 0 aliphatic heterocycles. The molecule has 1 atom stereocenters. The summed E-state index contributed by atoms with van der Waals surface area (Å²) >= 11 is 0. The molecule has 0 aliphatic rings. The van der Waals surface area contributed by atoms with Crippen molar-refractivity contribution in [3.8, 4) is 0 Å². The lowest BCUT2D eigenvalue weighted by Gasteiger charge is -2.07. The molecule has 0 aromatic heterocycles. The molecule has 0 unspecified atom stereocenters. The molecule has 0 aliphatic carbocycles. The normalized spacial score (nSPS) is 10.4. The summed E-state index contributed by atoms with van der Waals surface area (Å²) in [5, 5.41) is 40.8. The van der Waals surface area contributed by atoms with E-state index in [1.165, 1.54) is 0 Å². The van der Waals surface area contributed by atoms with Gasteiger partial charge in [-0.15, -0.1) is 20.2 Å². The number of aliphatic hydroxyl groups excluding tert-OH is 2. The van der Waals surface area contributed by atoms with Crippen molar-refractivity contribution in [3.05, 3.63) is 20.2 Å². The Balaban J connectivity index is -0.000000316. The SMILES string of the molecule is CC(C)[C@H](N)C(=O)O.O=[N+]([O-])OCCCCO[N+](=O)[O-].OCCO. The number of carbonyl (C=O) groups is 1. The minimum absolute atomic E-state index is 0.0208. The summed E-state index contributed by atoms with van der Waals surface area (Å²) in [5.41, 5.74) is 5.16. The molecule has 0 fully saturated rings. The van der Waals surface area contributed by atoms with Crippen LogP contribution in [0.1, 0.15) is 26.7 Å². The fraction of sp³-hybridized carbons (Fsp3) is 0.909. The first-order chi connectivity index (χ1) is 11.1. The van der Waals surface area contributed by atoms with Crippen molar-refractivity contribution in [1.82, 2.24) is 0 Å². The number of hydrogen-bond donors (Lipinski definition) is 4. The molecule has 0 saturated carbocycles. The van der Waals surface area contributed by atoms with E-state index in [1.54, 1.807) is 13.8 Å². The second-order valence-corrected chi connectivity index (χ2v) is 4.38. The van der Waals surface area contributed by atoms with Gasteiger partial charge in [0, 0.05) is 0 Å². The lowest BCUT2D eigenvalue weighted by atomic mass is 10.1. The highest BCUT2D eigenvalue weighted by atomic mass is 17.0. The highest BCUT2D eigenvalue weighted by Crippen LogP contribution is 1.96. The molecule has 0 spiro atoms. The number of nitrogens with zero attached hydrogens (tertiary/aromatic N) is 2. The maximum absolute atomic E-state index is 10.0. The van der Waals surface area contributed by atoms with Gasteiger partial charge in [0.25, 0.3) is 10.2 Å². The molecule has 13 heteroatoms. The number of nitrogens with two attached hydrogens (primary N) is 1. The van der Waals surface area contributed by atoms with Crippen molar-refractivity contribution in [2.75, 3.05) is 26.4 Å². The van der Waals surface area contributed by atoms with Crippen LogP contribution in [-0.2, 0) is 14.5 Å². The van der Waals surface area contributed by atoms with E-state index in [4.69, 9.17) is 21.1 Å². The zero-order chi connectivity index (χ0) is 19.5. The fourth-order valence-corrected chi connectivity index (χ4v) is 0.767. The highest BCUT2D eigenvalue weighted by Gasteiger charge is 2.14. The van der Waals surface area contributed by atoms with Crippen LogP contribution in [0.4, 0.5) is 0 Å². The second kappa shape index (κ2) is 18.8. The number of carboxylic acid groups (broad SMARTS) is 1. The minimum Gasteiger partial charge on any atom is -0.480 e. The first-order valence-electron chi connectivity index (χ1n) is 6.84. The molecule has 13 nitrogen and oxygen atoms in total. The first kappa shape index (κ1) is 26.6. The average molecular weight is 359 g/mol. The van der Waals surface area contributed by atoms with Gasteiger partial charge in [0.05, 0.1) is 26.4 Å². The second-order valence-electron chi connectivity index (χ2n) is 4.38. The van der Waals surface area contributed by atoms with Gasteiger partial charge in [-0.2, -0.15) is 0 Å². The molecule has 0 aromatic rings. The Morgan fingerprint density at radius 1 is 1.04 bits per heavy atom. The van der Waals surface area contributed by atoms with Crippen LogP contribution in [0.5, 0.6) is 0 Å². The molecule has 24 heavy (non-hydrogen) atoms. The standard InChI is InChI=1S/C5H11NO2.C4H8N2O6.C2H6O2/c1-3(2)4(6)5(7)8;7-5(8)11-3-1-2-4-12-6(9)10;3-1-2-4/h3-4H,6H2,1-2H3,(H,7,8);1-4H2;3-4H,1-2H2/t4-;;/m0../s1. The van der Waals surface area contributed by atoms with E-state index in [9.17, 15) is 25.0 Å². The average Bonchev–Trinajstić information content (AvgIpc) is 2.50. The van der Waals surface area contributed by atoms with Gasteiger partial charge in [-0.1, -0.05) is 13.8 Å². The van der Waals surface area contributed by atoms with Crippen LogP contribution in [0, 0.1) is 26.1 Å². The number of aliphatic hydroxyl groups is 2. The van der Waals surface area contributed by atoms with Gasteiger partial charge in [-0.05, 0) is 18.8 Å². The fourth-order valence-electron chi connectivity index (χ4n) is 0.767. The van der Waals surface area contributed by atoms with E-state index >= 15 is 0 Å². The van der Waals surface area contributed by atoms with E-state index in [-0.39, 0.29) is 32.3 Å². The third kappa shape index (κ3) is 28.0. The third-order valence-corrected chi connectivity index (χ3v) is 2.04. The van der Waals surface area contributed by atoms with Gasteiger partial charge < -0.3 is 30.7 Å². The highest BCUT2D eigenvalue weighted by molar-refractivity contribution is 5.73. The molecular formula is C11H25N3O10. The summed E-state index contributed by atoms with van der Waals surface area (Å²) in [5.74, 6) is -0.910. The largest absolute Gasteiger partial charge is 0.480 e. The van der Waals surface area contributed by atoms with Crippen LogP contribution >= 0.6 is 0 Å². The Morgan fingerprint density at radius 2 is 1.38 bits per heavy atom. The molecule has 144 valence electrons. The van der Waals surface area contributed by atoms with Crippen molar-refractivity contribution in [2.24, 2.45) is 11.7 Å². The van der Waals surface area contributed by atoms with Crippen molar-refractivity contribution in [3.63, 3.8) is 0 Å². The lowest BCUT2D eigenvalue weighted by molar-refractivity contribution is -0.760. The van der Waals surface area contributed by atoms with Gasteiger partial charge in [0.1, 0.15) is 6.04 Å². The minimum atomic E-state index is -0.931. The van der Waals surface area contributed by atoms with Gasteiger partial charge in [0.15, 0.2) is 0 Å². The maximum Gasteiger partial charge on any atom is 0.320 e. The van der Waals surface area contributed by atoms with E-state index in [2.05, 4.69) is 9.68 Å². The van der Waals surface area contributed by atoms with Crippen molar-refractivity contribution in [2.45, 2.75) is 32.7 Å². The van der Waals surface area contributed by atoms with Crippen LogP contribution in [0.15, 0.2) is 0 Å². The monoisotopic (exact) mass is 359 g/mol. The Hall–Kier alpha value is -2.25. The van der Waals surface area contributed by atoms with Crippen LogP contribution in [0.3, 0.4) is 0 Å². The Bertz CT molecular complexity index is 320. The van der Waals surface area contributed by atoms with Gasteiger partial charge in [0.2, 0.25) is 0 Å². The molecule has 0 bridgehead atoms. The van der Waals surface area contributed by atoms with Crippen molar-refractivity contribution in [1.29, 1.82) is 0 Å². The van der Waals surface area contributed by atoms with Gasteiger partial charge in [-0.25, -0.2) is 0 Å². The van der Waals surface area contributed by atoms with Gasteiger partial charge in [-0.3, -0.25) is 4.79 Å². The van der Waals surface area contributed by atoms with E-state index < -0.39 is 22.2 Å². The van der Waals surface area contributed by atoms with E-state index in [0.717, 1.165) is 0 Å². The van der Waals surface area contributed by atoms with Crippen LogP contribution in [-0.4, -0.2) is 63.9 Å². The predicted molar refractivity (Wildman–Crippen MR) is 79.7 cm³/mol. The summed E-state index contributed by atoms with van der Waals surface area (Å²) < 4.78 is 0. The zero-order valence-electron chi connectivity index (χ0n) is 13.6. The summed E-state index contributed by atoms with van der Waals surface area (Å²) in [6.45, 7) is 3.18. The first-order valence-corrected chi connectivity index (χ1v) is 6.84. The molecule has 0 heterocycles. The van der Waals surface area contributed by atoms with Crippen molar-refractivity contribution < 1.29 is 40.0 Å². The Kier molecular flexibility index (Phi) is 20.9. The molecular weight excluding hydrogens is 334 g/mol. The summed E-state index contributed by atoms with van der Waals surface area (Å²) in [6.07, 6.45) is 0.712. The van der Waals surface area contributed by atoms with Crippen molar-refractivity contribution >= 4 is 5.97 Å². The molecule has 5 N–H and O–H groups in total. The van der Waals surface area contributed by atoms with Gasteiger partial charge >= 0.3 is 5.97 Å². The number of rotatable bonds is 10. The molecule has 0 amide bonds. The third-order valence-electron chi connectivity index (χ3n) is 2.04. The van der Waals surface area contributed by atoms with E-state index in [1.807, 2.05) is 0 Å². The quantitative estimate of drug-likeness (QED) is 0.216. The number of aliphatic carboxylic acids is 1. The maximum atomic E-state index is 10.0. The topological polar surface area (TPSA) is 209 Å². The zero-order valence-corrected chi connectivity index (χ0v) is 13.6. The van der Waals surface area contributed by atoms with Crippen LogP contribution in [0.25, 0.3) is 0 Å². The predicted octanol–water partition coefficient (Wildman–Crippen LogP) is -0.791. The molecule has 0 saturated heterocycles. The van der Waals surface area contributed by atoms with Crippen LogP contribution < -0.4 is 5.73 Å². The summed E-state index contributed by atoms with van der Waals surface area (Å²) in [4.78, 5) is 37.1. The number of hydrogen-bond acceptors (Lipinski definition) is 10. The summed E-state index contributed by atoms with van der Waals surface area (Å²) in [7, 11) is 0. The van der Waals surface area contributed by atoms with Crippen LogP contribution in [0.2, 0.25) is 0 Å². The molecule has 0 radical (unpaired) electrons. The Morgan fingerprint density at radius 3 is 1.50 bits per heavy atom. The Labute approximate surface area is 138 Å². The molecule has 0 aromatic carbocycles. The number of carboxylic acids is 1. The smallest absolute Gasteiger partial charge is 0.320 e. The lowest BCUT2D eigenvalue weighted by Crippen LogP contribution is -2.34. The number of unbranched alkanes of at least 4 members (excludes halogenated alkanes) is 1.